The second-order valence-corrected chi connectivity index (χ2v) is 8.70. The average molecular weight is 356 g/mol. The highest BCUT2D eigenvalue weighted by Crippen LogP contribution is 2.73. The van der Waals surface area contributed by atoms with Crippen LogP contribution >= 0.6 is 0 Å². The number of alkyl halides is 6. The molecular weight excluding hydrogens is 334 g/mol. The monoisotopic (exact) mass is 356 g/mol. The van der Waals surface area contributed by atoms with Crippen LogP contribution in [0.1, 0.15) is 33.1 Å². The molecule has 0 amide bonds. The molecule has 4 bridgehead atoms. The Kier molecular flexibility index (Phi) is 3.27. The largest absolute Gasteiger partial charge is 0.426 e. The van der Waals surface area contributed by atoms with Gasteiger partial charge in [-0.2, -0.15) is 26.3 Å². The Balaban J connectivity index is 1.70. The van der Waals surface area contributed by atoms with Crippen molar-refractivity contribution >= 4 is 0 Å². The van der Waals surface area contributed by atoms with Crippen LogP contribution in [-0.2, 0) is 0 Å². The molecule has 4 saturated carbocycles. The summed E-state index contributed by atoms with van der Waals surface area (Å²) in [6.45, 7) is 4.24. The minimum absolute atomic E-state index is 0.0684. The number of rotatable bonds is 1. The Bertz CT molecular complexity index is 526. The van der Waals surface area contributed by atoms with E-state index in [1.54, 1.807) is 0 Å². The maximum Gasteiger partial charge on any atom is 0.426 e. The molecular formula is C17H22F6O. The van der Waals surface area contributed by atoms with E-state index in [-0.39, 0.29) is 30.1 Å². The summed E-state index contributed by atoms with van der Waals surface area (Å²) in [5, 5.41) is 9.86. The van der Waals surface area contributed by atoms with E-state index in [0.717, 1.165) is 6.42 Å². The number of hydrogen-bond donors (Lipinski definition) is 1. The molecule has 0 radical (unpaired) electrons. The first-order chi connectivity index (χ1) is 10.9. The summed E-state index contributed by atoms with van der Waals surface area (Å²) < 4.78 is 79.7. The summed E-state index contributed by atoms with van der Waals surface area (Å²) in [7, 11) is 0. The molecule has 1 nitrogen and oxygen atoms in total. The van der Waals surface area contributed by atoms with Crippen LogP contribution in [0.5, 0.6) is 0 Å². The van der Waals surface area contributed by atoms with Gasteiger partial charge in [-0.25, -0.2) is 0 Å². The summed E-state index contributed by atoms with van der Waals surface area (Å²) in [4.78, 5) is 0. The lowest BCUT2D eigenvalue weighted by Gasteiger charge is -2.48. The molecule has 0 heterocycles. The van der Waals surface area contributed by atoms with E-state index in [4.69, 9.17) is 0 Å². The van der Waals surface area contributed by atoms with Crippen LogP contribution in [0.4, 0.5) is 26.3 Å². The fraction of sp³-hybridized carbons (Fsp3) is 1.00. The van der Waals surface area contributed by atoms with Crippen molar-refractivity contribution in [2.75, 3.05) is 0 Å². The summed E-state index contributed by atoms with van der Waals surface area (Å²) in [6, 6.07) is 0. The van der Waals surface area contributed by atoms with E-state index >= 15 is 0 Å². The number of fused-ring (bicyclic) bond motifs is 9. The zero-order valence-corrected chi connectivity index (χ0v) is 13.5. The van der Waals surface area contributed by atoms with Gasteiger partial charge in [-0.05, 0) is 66.6 Å². The van der Waals surface area contributed by atoms with Gasteiger partial charge < -0.3 is 5.11 Å². The predicted octanol–water partition coefficient (Wildman–Crippen LogP) is 4.65. The van der Waals surface area contributed by atoms with Gasteiger partial charge in [0.1, 0.15) is 0 Å². The van der Waals surface area contributed by atoms with Crippen molar-refractivity contribution in [2.45, 2.75) is 51.1 Å². The molecule has 7 heteroatoms. The van der Waals surface area contributed by atoms with Gasteiger partial charge in [-0.1, -0.05) is 13.8 Å². The van der Waals surface area contributed by atoms with Gasteiger partial charge in [0.05, 0.1) is 0 Å². The summed E-state index contributed by atoms with van der Waals surface area (Å²) in [6.07, 6.45) is -10.2. The van der Waals surface area contributed by atoms with Crippen molar-refractivity contribution in [1.29, 1.82) is 0 Å². The van der Waals surface area contributed by atoms with Crippen LogP contribution in [0.2, 0.25) is 0 Å². The van der Waals surface area contributed by atoms with Crippen molar-refractivity contribution in [2.24, 2.45) is 53.3 Å². The fourth-order valence-electron chi connectivity index (χ4n) is 7.29. The van der Waals surface area contributed by atoms with E-state index in [0.29, 0.717) is 24.2 Å². The fourth-order valence-corrected chi connectivity index (χ4v) is 7.29. The van der Waals surface area contributed by atoms with E-state index in [9.17, 15) is 31.4 Å². The van der Waals surface area contributed by atoms with Crippen molar-refractivity contribution in [1.82, 2.24) is 0 Å². The second-order valence-electron chi connectivity index (χ2n) is 8.70. The molecule has 0 spiro atoms. The molecule has 138 valence electrons. The van der Waals surface area contributed by atoms with Gasteiger partial charge in [0, 0.05) is 5.92 Å². The maximum atomic E-state index is 13.3. The van der Waals surface area contributed by atoms with Gasteiger partial charge in [-0.15, -0.1) is 0 Å². The highest BCUT2D eigenvalue weighted by molar-refractivity contribution is 5.18. The molecule has 24 heavy (non-hydrogen) atoms. The molecule has 4 fully saturated rings. The second kappa shape index (κ2) is 4.63. The van der Waals surface area contributed by atoms with Crippen molar-refractivity contribution in [3.63, 3.8) is 0 Å². The lowest BCUT2D eigenvalue weighted by molar-refractivity contribution is -0.390. The van der Waals surface area contributed by atoms with Crippen LogP contribution in [0.25, 0.3) is 0 Å². The SMILES string of the molecule is CC1C(C)C2CC1C1C3CC(C21)C(C(O)(C(F)(F)F)C(F)(F)F)C3. The zero-order valence-electron chi connectivity index (χ0n) is 13.5. The molecule has 1 N–H and O–H groups in total. The van der Waals surface area contributed by atoms with Crippen LogP contribution in [0.3, 0.4) is 0 Å². The molecule has 0 saturated heterocycles. The average Bonchev–Trinajstić information content (AvgIpc) is 3.15. The van der Waals surface area contributed by atoms with Crippen LogP contribution in [-0.4, -0.2) is 23.1 Å². The number of aliphatic hydroxyl groups is 1. The third-order valence-corrected chi connectivity index (χ3v) is 8.25. The molecule has 9 unspecified atom stereocenters. The van der Waals surface area contributed by atoms with E-state index in [1.165, 1.54) is 0 Å². The highest BCUT2D eigenvalue weighted by atomic mass is 19.4. The third-order valence-electron chi connectivity index (χ3n) is 8.25. The zero-order chi connectivity index (χ0) is 17.8. The quantitative estimate of drug-likeness (QED) is 0.536. The van der Waals surface area contributed by atoms with Crippen LogP contribution < -0.4 is 0 Å². The van der Waals surface area contributed by atoms with E-state index in [1.807, 2.05) is 0 Å². The van der Waals surface area contributed by atoms with Gasteiger partial charge in [0.25, 0.3) is 5.60 Å². The predicted molar refractivity (Wildman–Crippen MR) is 73.7 cm³/mol. The Labute approximate surface area is 136 Å². The number of hydrogen-bond acceptors (Lipinski definition) is 1. The van der Waals surface area contributed by atoms with Crippen LogP contribution in [0, 0.1) is 53.3 Å². The van der Waals surface area contributed by atoms with Crippen molar-refractivity contribution in [3.05, 3.63) is 0 Å². The topological polar surface area (TPSA) is 20.2 Å². The summed E-state index contributed by atoms with van der Waals surface area (Å²) in [5.41, 5.74) is -4.57. The lowest BCUT2D eigenvalue weighted by Crippen LogP contribution is -2.64. The number of halogens is 6. The van der Waals surface area contributed by atoms with Gasteiger partial charge >= 0.3 is 12.4 Å². The molecule has 0 aromatic carbocycles. The minimum atomic E-state index is -5.69. The Morgan fingerprint density at radius 1 is 0.708 bits per heavy atom. The standard InChI is InChI=1S/C17H22F6O/c1-6-7(2)10-5-9(6)13-8-3-11(14(10)13)12(4-8)15(24,16(18,19)20)17(21,22)23/h6-14,24H,3-5H2,1-2H3. The third kappa shape index (κ3) is 1.78. The Hall–Kier alpha value is -0.460. The maximum absolute atomic E-state index is 13.3. The first-order valence-corrected chi connectivity index (χ1v) is 8.75. The smallest absolute Gasteiger partial charge is 0.373 e. The lowest BCUT2D eigenvalue weighted by atomic mass is 9.59. The molecule has 0 aromatic rings. The van der Waals surface area contributed by atoms with Crippen LogP contribution in [0.15, 0.2) is 0 Å². The highest BCUT2D eigenvalue weighted by Gasteiger charge is 2.79. The van der Waals surface area contributed by atoms with Crippen molar-refractivity contribution < 1.29 is 31.4 Å². The van der Waals surface area contributed by atoms with E-state index in [2.05, 4.69) is 13.8 Å². The summed E-state index contributed by atoms with van der Waals surface area (Å²) in [5.74, 6) is -0.780. The summed E-state index contributed by atoms with van der Waals surface area (Å²) >= 11 is 0. The molecule has 0 aliphatic heterocycles. The molecule has 0 aromatic heterocycles. The minimum Gasteiger partial charge on any atom is -0.373 e. The molecule has 4 aliphatic carbocycles. The van der Waals surface area contributed by atoms with Gasteiger partial charge in [0.2, 0.25) is 0 Å². The Morgan fingerprint density at radius 3 is 1.71 bits per heavy atom. The molecule has 9 atom stereocenters. The first kappa shape index (κ1) is 17.0. The van der Waals surface area contributed by atoms with E-state index < -0.39 is 29.8 Å². The van der Waals surface area contributed by atoms with Crippen molar-refractivity contribution in [3.8, 4) is 0 Å². The first-order valence-electron chi connectivity index (χ1n) is 8.75. The molecule has 4 aliphatic rings. The van der Waals surface area contributed by atoms with Gasteiger partial charge in [-0.3, -0.25) is 0 Å². The Morgan fingerprint density at radius 2 is 1.21 bits per heavy atom. The van der Waals surface area contributed by atoms with Gasteiger partial charge in [0.15, 0.2) is 0 Å². The molecule has 4 rings (SSSR count). The normalized spacial score (nSPS) is 50.6.